The van der Waals surface area contributed by atoms with E-state index >= 15 is 0 Å². The second-order valence-electron chi connectivity index (χ2n) is 8.10. The summed E-state index contributed by atoms with van der Waals surface area (Å²) in [6.07, 6.45) is 11.6. The van der Waals surface area contributed by atoms with Gasteiger partial charge in [-0.25, -0.2) is 0 Å². The number of fused-ring (bicyclic) bond motifs is 5. The van der Waals surface area contributed by atoms with Crippen LogP contribution < -0.4 is 5.32 Å². The van der Waals surface area contributed by atoms with Crippen LogP contribution in [0.15, 0.2) is 12.4 Å². The molecule has 0 spiro atoms. The van der Waals surface area contributed by atoms with E-state index in [1.807, 2.05) is 17.9 Å². The summed E-state index contributed by atoms with van der Waals surface area (Å²) < 4.78 is 1.91. The van der Waals surface area contributed by atoms with E-state index in [1.54, 1.807) is 0 Å². The Morgan fingerprint density at radius 2 is 2.09 bits per heavy atom. The van der Waals surface area contributed by atoms with Gasteiger partial charge in [0.1, 0.15) is 0 Å². The first-order chi connectivity index (χ1) is 10.6. The molecule has 1 aromatic rings. The Bertz CT molecular complexity index is 523. The quantitative estimate of drug-likeness (QED) is 0.907. The van der Waals surface area contributed by atoms with Gasteiger partial charge in [0.25, 0.3) is 0 Å². The van der Waals surface area contributed by atoms with Crippen molar-refractivity contribution in [1.82, 2.24) is 20.0 Å². The molecule has 1 aromatic heterocycles. The zero-order valence-electron chi connectivity index (χ0n) is 14.2. The normalized spacial score (nSPS) is 37.9. The molecular weight excluding hydrogens is 272 g/mol. The number of nitrogens with zero attached hydrogens (tertiary/aromatic N) is 3. The Morgan fingerprint density at radius 3 is 2.82 bits per heavy atom. The lowest BCUT2D eigenvalue weighted by molar-refractivity contribution is 0.194. The number of aryl methyl sites for hydroxylation is 1. The third kappa shape index (κ3) is 2.41. The van der Waals surface area contributed by atoms with Crippen molar-refractivity contribution in [3.63, 3.8) is 0 Å². The van der Waals surface area contributed by atoms with Crippen LogP contribution in [0, 0.1) is 23.7 Å². The SMILES string of the molecule is CN(C)[C@H](CN[C@@H]1C[C@H]2C[C@H]1[C@H]1CCC[C@@H]21)c1cnn(C)c1. The highest BCUT2D eigenvalue weighted by atomic mass is 15.2. The van der Waals surface area contributed by atoms with E-state index in [0.29, 0.717) is 6.04 Å². The maximum Gasteiger partial charge on any atom is 0.0538 e. The Kier molecular flexibility index (Phi) is 3.77. The van der Waals surface area contributed by atoms with Crippen molar-refractivity contribution in [1.29, 1.82) is 0 Å². The van der Waals surface area contributed by atoms with Gasteiger partial charge in [-0.15, -0.1) is 0 Å². The number of hydrogen-bond acceptors (Lipinski definition) is 3. The summed E-state index contributed by atoms with van der Waals surface area (Å²) in [6, 6.07) is 1.19. The lowest BCUT2D eigenvalue weighted by Gasteiger charge is -2.34. The molecule has 3 fully saturated rings. The van der Waals surface area contributed by atoms with E-state index in [2.05, 4.69) is 35.6 Å². The van der Waals surface area contributed by atoms with Gasteiger partial charge >= 0.3 is 0 Å². The molecule has 6 atom stereocenters. The molecule has 0 amide bonds. The molecule has 3 aliphatic carbocycles. The van der Waals surface area contributed by atoms with E-state index in [4.69, 9.17) is 0 Å². The Hall–Kier alpha value is -0.870. The molecule has 4 nitrogen and oxygen atoms in total. The van der Waals surface area contributed by atoms with Crippen molar-refractivity contribution in [3.8, 4) is 0 Å². The van der Waals surface area contributed by atoms with E-state index < -0.39 is 0 Å². The van der Waals surface area contributed by atoms with Crippen molar-refractivity contribution in [3.05, 3.63) is 18.0 Å². The van der Waals surface area contributed by atoms with E-state index in [0.717, 1.165) is 36.3 Å². The summed E-state index contributed by atoms with van der Waals surface area (Å²) in [5.41, 5.74) is 1.32. The second-order valence-corrected chi connectivity index (χ2v) is 8.10. The zero-order chi connectivity index (χ0) is 15.3. The molecular formula is C18H30N4. The number of hydrogen-bond donors (Lipinski definition) is 1. The maximum absolute atomic E-state index is 4.34. The van der Waals surface area contributed by atoms with Crippen molar-refractivity contribution in [2.24, 2.45) is 30.7 Å². The summed E-state index contributed by atoms with van der Waals surface area (Å²) in [4.78, 5) is 2.32. The van der Waals surface area contributed by atoms with Crippen LogP contribution in [0.5, 0.6) is 0 Å². The van der Waals surface area contributed by atoms with Crippen molar-refractivity contribution in [2.45, 2.75) is 44.2 Å². The maximum atomic E-state index is 4.34. The number of aromatic nitrogens is 2. The van der Waals surface area contributed by atoms with Crippen LogP contribution in [-0.2, 0) is 7.05 Å². The molecule has 122 valence electrons. The lowest BCUT2D eigenvalue weighted by Crippen LogP contribution is -2.43. The zero-order valence-corrected chi connectivity index (χ0v) is 14.2. The molecule has 1 N–H and O–H groups in total. The molecule has 1 heterocycles. The minimum atomic E-state index is 0.423. The molecule has 3 aliphatic rings. The van der Waals surface area contributed by atoms with Crippen LogP contribution in [0.25, 0.3) is 0 Å². The van der Waals surface area contributed by atoms with E-state index in [-0.39, 0.29) is 0 Å². The predicted molar refractivity (Wildman–Crippen MR) is 88.5 cm³/mol. The fourth-order valence-electron chi connectivity index (χ4n) is 5.78. The smallest absolute Gasteiger partial charge is 0.0538 e. The summed E-state index contributed by atoms with van der Waals surface area (Å²) in [5, 5.41) is 8.28. The predicted octanol–water partition coefficient (Wildman–Crippen LogP) is 2.44. The van der Waals surface area contributed by atoms with Crippen molar-refractivity contribution < 1.29 is 0 Å². The largest absolute Gasteiger partial charge is 0.312 e. The van der Waals surface area contributed by atoms with Crippen LogP contribution in [0.4, 0.5) is 0 Å². The molecule has 0 unspecified atom stereocenters. The van der Waals surface area contributed by atoms with Crippen LogP contribution in [0.2, 0.25) is 0 Å². The molecule has 4 rings (SSSR count). The summed E-state index contributed by atoms with van der Waals surface area (Å²) in [5.74, 6) is 4.14. The first kappa shape index (κ1) is 14.7. The van der Waals surface area contributed by atoms with Crippen LogP contribution in [0.1, 0.15) is 43.7 Å². The van der Waals surface area contributed by atoms with Gasteiger partial charge in [-0.1, -0.05) is 6.42 Å². The molecule has 2 bridgehead atoms. The van der Waals surface area contributed by atoms with Crippen molar-refractivity contribution in [2.75, 3.05) is 20.6 Å². The molecule has 3 saturated carbocycles. The van der Waals surface area contributed by atoms with Crippen LogP contribution in [0.3, 0.4) is 0 Å². The Balaban J connectivity index is 1.39. The van der Waals surface area contributed by atoms with Gasteiger partial charge in [0.2, 0.25) is 0 Å². The summed E-state index contributed by atoms with van der Waals surface area (Å²) >= 11 is 0. The van der Waals surface area contributed by atoms with Gasteiger partial charge in [0.15, 0.2) is 0 Å². The number of rotatable bonds is 5. The van der Waals surface area contributed by atoms with Gasteiger partial charge in [0.05, 0.1) is 6.20 Å². The Labute approximate surface area is 134 Å². The lowest BCUT2D eigenvalue weighted by atomic mass is 9.79. The third-order valence-electron chi connectivity index (χ3n) is 6.74. The van der Waals surface area contributed by atoms with Gasteiger partial charge in [-0.3, -0.25) is 4.68 Å². The fraction of sp³-hybridized carbons (Fsp3) is 0.833. The third-order valence-corrected chi connectivity index (χ3v) is 6.74. The first-order valence-corrected chi connectivity index (χ1v) is 9.02. The molecule has 0 aliphatic heterocycles. The fourth-order valence-corrected chi connectivity index (χ4v) is 5.78. The molecule has 22 heavy (non-hydrogen) atoms. The van der Waals surface area contributed by atoms with Gasteiger partial charge in [0, 0.05) is 37.4 Å². The van der Waals surface area contributed by atoms with Crippen LogP contribution in [-0.4, -0.2) is 41.4 Å². The first-order valence-electron chi connectivity index (χ1n) is 9.02. The highest BCUT2D eigenvalue weighted by Crippen LogP contribution is 2.58. The monoisotopic (exact) mass is 302 g/mol. The molecule has 4 heteroatoms. The van der Waals surface area contributed by atoms with Crippen molar-refractivity contribution >= 4 is 0 Å². The van der Waals surface area contributed by atoms with Gasteiger partial charge in [-0.2, -0.15) is 5.10 Å². The van der Waals surface area contributed by atoms with Crippen LogP contribution >= 0.6 is 0 Å². The summed E-state index contributed by atoms with van der Waals surface area (Å²) in [6.45, 7) is 1.05. The van der Waals surface area contributed by atoms with E-state index in [9.17, 15) is 0 Å². The Morgan fingerprint density at radius 1 is 1.27 bits per heavy atom. The standard InChI is InChI=1S/C18H30N4/c1-21(2)18(13-9-20-22(3)11-13)10-19-17-8-12-7-16(17)15-6-4-5-14(12)15/h9,11-12,14-19H,4-8,10H2,1-3H3/t12-,14+,15+,16+,17-,18-/m1/s1. The average Bonchev–Trinajstić information content (AvgIpc) is 3.18. The average molecular weight is 302 g/mol. The second kappa shape index (κ2) is 5.64. The minimum Gasteiger partial charge on any atom is -0.312 e. The van der Waals surface area contributed by atoms with Gasteiger partial charge in [-0.05, 0) is 63.5 Å². The summed E-state index contributed by atoms with van der Waals surface area (Å²) in [7, 11) is 6.35. The molecule has 0 aromatic carbocycles. The number of nitrogens with one attached hydrogen (secondary N) is 1. The topological polar surface area (TPSA) is 33.1 Å². The van der Waals surface area contributed by atoms with E-state index in [1.165, 1.54) is 37.7 Å². The molecule has 0 saturated heterocycles. The minimum absolute atomic E-state index is 0.423. The highest BCUT2D eigenvalue weighted by Gasteiger charge is 2.53. The highest BCUT2D eigenvalue weighted by molar-refractivity contribution is 5.12. The molecule has 0 radical (unpaired) electrons. The van der Waals surface area contributed by atoms with Gasteiger partial charge < -0.3 is 10.2 Å². The number of likely N-dealkylation sites (N-methyl/N-ethyl adjacent to an activating group) is 1.